The van der Waals surface area contributed by atoms with Gasteiger partial charge in [0, 0.05) is 0 Å². The molecule has 0 fully saturated rings. The molecule has 0 amide bonds. The van der Waals surface area contributed by atoms with E-state index in [2.05, 4.69) is 53.7 Å². The van der Waals surface area contributed by atoms with Crippen LogP contribution >= 0.6 is 0 Å². The molecule has 0 aliphatic heterocycles. The number of Topliss-reactive ketones (excluding diaryl/α,β-unsaturated/α-hetero) is 1. The molecule has 2 nitrogen and oxygen atoms in total. The summed E-state index contributed by atoms with van der Waals surface area (Å²) in [6, 6.07) is 6.28. The molecule has 0 N–H and O–H groups in total. The molecule has 0 saturated heterocycles. The zero-order valence-corrected chi connectivity index (χ0v) is 13.3. The van der Waals surface area contributed by atoms with Crippen molar-refractivity contribution < 1.29 is 9.53 Å². The van der Waals surface area contributed by atoms with Gasteiger partial charge in [-0.05, 0) is 34.9 Å². The Labute approximate surface area is 117 Å². The van der Waals surface area contributed by atoms with Gasteiger partial charge < -0.3 is 4.74 Å². The summed E-state index contributed by atoms with van der Waals surface area (Å²) >= 11 is 0. The Morgan fingerprint density at radius 1 is 1.05 bits per heavy atom. The van der Waals surface area contributed by atoms with Crippen molar-refractivity contribution in [3.8, 4) is 5.75 Å². The number of carbonyl (C=O) groups excluding carboxylic acids is 1. The fourth-order valence-corrected chi connectivity index (χ4v) is 1.89. The summed E-state index contributed by atoms with van der Waals surface area (Å²) < 4.78 is 5.64. The highest BCUT2D eigenvalue weighted by Gasteiger charge is 2.23. The summed E-state index contributed by atoms with van der Waals surface area (Å²) in [5, 5.41) is 0. The van der Waals surface area contributed by atoms with Crippen molar-refractivity contribution in [2.45, 2.75) is 59.3 Å². The van der Waals surface area contributed by atoms with Crippen LogP contribution in [0.15, 0.2) is 18.2 Å². The molecule has 0 atom stereocenters. The van der Waals surface area contributed by atoms with Gasteiger partial charge in [-0.1, -0.05) is 53.7 Å². The summed E-state index contributed by atoms with van der Waals surface area (Å²) in [7, 11) is 0. The van der Waals surface area contributed by atoms with Crippen LogP contribution in [0, 0.1) is 0 Å². The van der Waals surface area contributed by atoms with Crippen LogP contribution in [0.2, 0.25) is 0 Å². The molecule has 0 radical (unpaired) electrons. The molecule has 0 heterocycles. The molecule has 0 aliphatic rings. The number of ketones is 1. The fraction of sp³-hybridized carbons (Fsp3) is 0.588. The average Bonchev–Trinajstić information content (AvgIpc) is 2.23. The molecule has 0 aliphatic carbocycles. The van der Waals surface area contributed by atoms with Gasteiger partial charge in [-0.2, -0.15) is 0 Å². The van der Waals surface area contributed by atoms with E-state index in [0.29, 0.717) is 0 Å². The average molecular weight is 262 g/mol. The second-order valence-electron chi connectivity index (χ2n) is 7.20. The Bertz CT molecular complexity index is 459. The van der Waals surface area contributed by atoms with Crippen LogP contribution in [0.1, 0.15) is 59.6 Å². The Hall–Kier alpha value is -1.31. The number of ether oxygens (including phenoxy) is 1. The Morgan fingerprint density at radius 2 is 1.63 bits per heavy atom. The lowest BCUT2D eigenvalue weighted by Gasteiger charge is -2.27. The highest BCUT2D eigenvalue weighted by atomic mass is 16.5. The van der Waals surface area contributed by atoms with Gasteiger partial charge in [0.1, 0.15) is 12.4 Å². The predicted molar refractivity (Wildman–Crippen MR) is 80.0 cm³/mol. The smallest absolute Gasteiger partial charge is 0.167 e. The summed E-state index contributed by atoms with van der Waals surface area (Å²) in [4.78, 5) is 11.1. The maximum absolute atomic E-state index is 11.1. The largest absolute Gasteiger partial charge is 0.486 e. The van der Waals surface area contributed by atoms with Crippen molar-refractivity contribution in [3.05, 3.63) is 29.3 Å². The van der Waals surface area contributed by atoms with E-state index in [1.165, 1.54) is 5.56 Å². The molecule has 106 valence electrons. The zero-order chi connectivity index (χ0) is 14.8. The predicted octanol–water partition coefficient (Wildman–Crippen LogP) is 4.25. The van der Waals surface area contributed by atoms with Crippen molar-refractivity contribution in [1.82, 2.24) is 0 Å². The standard InChI is InChI=1S/C17H26O2/c1-12(18)11-19-15-9-8-13(16(2,3)4)10-14(15)17(5,6)7/h8-10H,11H2,1-7H3. The first-order valence-corrected chi connectivity index (χ1v) is 6.79. The molecule has 0 aromatic heterocycles. The summed E-state index contributed by atoms with van der Waals surface area (Å²) in [6.07, 6.45) is 0. The molecule has 0 spiro atoms. The van der Waals surface area contributed by atoms with Crippen LogP contribution < -0.4 is 4.74 Å². The highest BCUT2D eigenvalue weighted by Crippen LogP contribution is 2.35. The molecule has 2 heteroatoms. The minimum absolute atomic E-state index is 0.00657. The molecule has 0 bridgehead atoms. The lowest BCUT2D eigenvalue weighted by molar-refractivity contribution is -0.118. The Morgan fingerprint density at radius 3 is 2.05 bits per heavy atom. The van der Waals surface area contributed by atoms with Crippen molar-refractivity contribution in [2.75, 3.05) is 6.61 Å². The van der Waals surface area contributed by atoms with Crippen LogP contribution in [-0.4, -0.2) is 12.4 Å². The van der Waals surface area contributed by atoms with E-state index in [1.807, 2.05) is 6.07 Å². The summed E-state index contributed by atoms with van der Waals surface area (Å²) in [5.41, 5.74) is 2.54. The van der Waals surface area contributed by atoms with Crippen LogP contribution in [0.3, 0.4) is 0 Å². The summed E-state index contributed by atoms with van der Waals surface area (Å²) in [6.45, 7) is 14.8. The van der Waals surface area contributed by atoms with Gasteiger partial charge in [-0.25, -0.2) is 0 Å². The van der Waals surface area contributed by atoms with E-state index < -0.39 is 0 Å². The van der Waals surface area contributed by atoms with Gasteiger partial charge in [0.25, 0.3) is 0 Å². The SMILES string of the molecule is CC(=O)COc1ccc(C(C)(C)C)cc1C(C)(C)C. The van der Waals surface area contributed by atoms with Gasteiger partial charge in [0.15, 0.2) is 5.78 Å². The second-order valence-corrected chi connectivity index (χ2v) is 7.20. The third-order valence-electron chi connectivity index (χ3n) is 3.08. The number of rotatable bonds is 3. The molecular weight excluding hydrogens is 236 g/mol. The van der Waals surface area contributed by atoms with Crippen molar-refractivity contribution in [1.29, 1.82) is 0 Å². The van der Waals surface area contributed by atoms with Gasteiger partial charge >= 0.3 is 0 Å². The number of hydrogen-bond donors (Lipinski definition) is 0. The van der Waals surface area contributed by atoms with E-state index in [0.717, 1.165) is 11.3 Å². The van der Waals surface area contributed by atoms with Crippen molar-refractivity contribution >= 4 is 5.78 Å². The number of carbonyl (C=O) groups is 1. The molecule has 1 rings (SSSR count). The van der Waals surface area contributed by atoms with Gasteiger partial charge in [-0.15, -0.1) is 0 Å². The maximum atomic E-state index is 11.1. The summed E-state index contributed by atoms with van der Waals surface area (Å²) in [5.74, 6) is 0.857. The third-order valence-corrected chi connectivity index (χ3v) is 3.08. The zero-order valence-electron chi connectivity index (χ0n) is 13.3. The second kappa shape index (κ2) is 5.36. The molecular formula is C17H26O2. The highest BCUT2D eigenvalue weighted by molar-refractivity contribution is 5.77. The van der Waals surface area contributed by atoms with E-state index in [-0.39, 0.29) is 23.2 Å². The van der Waals surface area contributed by atoms with Crippen LogP contribution in [0.5, 0.6) is 5.75 Å². The number of hydrogen-bond acceptors (Lipinski definition) is 2. The lowest BCUT2D eigenvalue weighted by atomic mass is 9.80. The van der Waals surface area contributed by atoms with E-state index in [1.54, 1.807) is 6.92 Å². The first-order valence-electron chi connectivity index (χ1n) is 6.79. The Balaban J connectivity index is 3.22. The maximum Gasteiger partial charge on any atom is 0.167 e. The first-order chi connectivity index (χ1) is 8.51. The van der Waals surface area contributed by atoms with Crippen LogP contribution in [0.4, 0.5) is 0 Å². The van der Waals surface area contributed by atoms with Crippen molar-refractivity contribution in [3.63, 3.8) is 0 Å². The number of benzene rings is 1. The monoisotopic (exact) mass is 262 g/mol. The van der Waals surface area contributed by atoms with E-state index >= 15 is 0 Å². The van der Waals surface area contributed by atoms with Gasteiger partial charge in [0.05, 0.1) is 0 Å². The third kappa shape index (κ3) is 4.38. The van der Waals surface area contributed by atoms with Crippen molar-refractivity contribution in [2.24, 2.45) is 0 Å². The normalized spacial score (nSPS) is 12.4. The van der Waals surface area contributed by atoms with E-state index in [4.69, 9.17) is 4.74 Å². The van der Waals surface area contributed by atoms with Gasteiger partial charge in [-0.3, -0.25) is 4.79 Å². The molecule has 0 saturated carbocycles. The lowest BCUT2D eigenvalue weighted by Crippen LogP contribution is -2.18. The van der Waals surface area contributed by atoms with Crippen LogP contribution in [0.25, 0.3) is 0 Å². The molecule has 1 aromatic carbocycles. The van der Waals surface area contributed by atoms with Crippen LogP contribution in [-0.2, 0) is 15.6 Å². The van der Waals surface area contributed by atoms with Gasteiger partial charge in [0.2, 0.25) is 0 Å². The molecule has 1 aromatic rings. The minimum Gasteiger partial charge on any atom is -0.486 e. The Kier molecular flexibility index (Phi) is 4.44. The fourth-order valence-electron chi connectivity index (χ4n) is 1.89. The molecule has 19 heavy (non-hydrogen) atoms. The molecule has 0 unspecified atom stereocenters. The topological polar surface area (TPSA) is 26.3 Å². The minimum atomic E-state index is -0.00657. The first kappa shape index (κ1) is 15.7. The quantitative estimate of drug-likeness (QED) is 0.814. The van der Waals surface area contributed by atoms with E-state index in [9.17, 15) is 4.79 Å².